The van der Waals surface area contributed by atoms with Crippen LogP contribution in [0.3, 0.4) is 0 Å². The summed E-state index contributed by atoms with van der Waals surface area (Å²) in [5, 5.41) is 26.0. The van der Waals surface area contributed by atoms with Crippen LogP contribution in [0.2, 0.25) is 0 Å². The van der Waals surface area contributed by atoms with Gasteiger partial charge in [0.1, 0.15) is 0 Å². The molecule has 0 fully saturated rings. The summed E-state index contributed by atoms with van der Waals surface area (Å²) in [6.07, 6.45) is -0.544. The summed E-state index contributed by atoms with van der Waals surface area (Å²) < 4.78 is 0. The highest BCUT2D eigenvalue weighted by Gasteiger charge is 2.41. The molecule has 0 amide bonds. The molecular formula is C9H14O6. The van der Waals surface area contributed by atoms with Gasteiger partial charge in [-0.25, -0.2) is 0 Å². The normalized spacial score (nSPS) is 13.2. The van der Waals surface area contributed by atoms with Crippen molar-refractivity contribution in [1.29, 1.82) is 0 Å². The number of carbonyl (C=O) groups is 3. The van der Waals surface area contributed by atoms with Gasteiger partial charge in [-0.05, 0) is 20.3 Å². The predicted octanol–water partition coefficient (Wildman–Crippen LogP) is 0.663. The van der Waals surface area contributed by atoms with Gasteiger partial charge in [-0.1, -0.05) is 0 Å². The van der Waals surface area contributed by atoms with E-state index in [2.05, 4.69) is 0 Å². The Labute approximate surface area is 86.5 Å². The van der Waals surface area contributed by atoms with E-state index in [-0.39, 0.29) is 12.8 Å². The number of carboxylic acids is 3. The van der Waals surface area contributed by atoms with Gasteiger partial charge < -0.3 is 15.3 Å². The first-order valence-electron chi connectivity index (χ1n) is 4.37. The summed E-state index contributed by atoms with van der Waals surface area (Å²) in [7, 11) is 0. The molecule has 6 nitrogen and oxygen atoms in total. The fourth-order valence-electron chi connectivity index (χ4n) is 1.21. The predicted molar refractivity (Wildman–Crippen MR) is 49.4 cm³/mol. The molecule has 0 saturated carbocycles. The molecule has 1 atom stereocenters. The van der Waals surface area contributed by atoms with Crippen molar-refractivity contribution in [2.24, 2.45) is 11.3 Å². The van der Waals surface area contributed by atoms with E-state index in [1.807, 2.05) is 0 Å². The van der Waals surface area contributed by atoms with Crippen molar-refractivity contribution in [2.75, 3.05) is 0 Å². The first-order chi connectivity index (χ1) is 6.69. The maximum Gasteiger partial charge on any atom is 0.309 e. The Morgan fingerprint density at radius 3 is 1.87 bits per heavy atom. The molecule has 0 aliphatic carbocycles. The Morgan fingerprint density at radius 1 is 1.13 bits per heavy atom. The molecule has 0 heterocycles. The van der Waals surface area contributed by atoms with Crippen LogP contribution in [0.1, 0.15) is 26.7 Å². The maximum absolute atomic E-state index is 10.8. The van der Waals surface area contributed by atoms with E-state index >= 15 is 0 Å². The quantitative estimate of drug-likeness (QED) is 0.603. The van der Waals surface area contributed by atoms with Crippen molar-refractivity contribution in [3.8, 4) is 0 Å². The van der Waals surface area contributed by atoms with Crippen molar-refractivity contribution < 1.29 is 29.7 Å². The van der Waals surface area contributed by atoms with Crippen molar-refractivity contribution in [1.82, 2.24) is 0 Å². The van der Waals surface area contributed by atoms with Crippen LogP contribution in [0.5, 0.6) is 0 Å². The second-order valence-corrected chi connectivity index (χ2v) is 3.85. The third-order valence-electron chi connectivity index (χ3n) is 2.37. The zero-order valence-electron chi connectivity index (χ0n) is 8.56. The minimum Gasteiger partial charge on any atom is -0.481 e. The van der Waals surface area contributed by atoms with Crippen LogP contribution in [0, 0.1) is 11.3 Å². The Hall–Kier alpha value is -1.59. The van der Waals surface area contributed by atoms with Crippen molar-refractivity contribution in [2.45, 2.75) is 26.7 Å². The first-order valence-corrected chi connectivity index (χ1v) is 4.37. The molecule has 0 radical (unpaired) electrons. The lowest BCUT2D eigenvalue weighted by atomic mass is 9.76. The van der Waals surface area contributed by atoms with Crippen molar-refractivity contribution in [3.05, 3.63) is 0 Å². The highest BCUT2D eigenvalue weighted by molar-refractivity contribution is 5.83. The molecule has 0 aliphatic heterocycles. The van der Waals surface area contributed by atoms with Crippen LogP contribution in [-0.4, -0.2) is 33.2 Å². The molecule has 0 unspecified atom stereocenters. The number of rotatable bonds is 6. The van der Waals surface area contributed by atoms with Crippen LogP contribution in [0.15, 0.2) is 0 Å². The molecule has 6 heteroatoms. The smallest absolute Gasteiger partial charge is 0.309 e. The summed E-state index contributed by atoms with van der Waals surface area (Å²) >= 11 is 0. The molecule has 0 rings (SSSR count). The van der Waals surface area contributed by atoms with Crippen molar-refractivity contribution >= 4 is 17.9 Å². The second-order valence-electron chi connectivity index (χ2n) is 3.85. The molecule has 0 aliphatic rings. The van der Waals surface area contributed by atoms with Gasteiger partial charge in [0.05, 0.1) is 11.3 Å². The number of hydrogen-bond donors (Lipinski definition) is 3. The van der Waals surface area contributed by atoms with Crippen LogP contribution < -0.4 is 0 Å². The topological polar surface area (TPSA) is 112 Å². The Bertz CT molecular complexity index is 280. The summed E-state index contributed by atoms with van der Waals surface area (Å²) in [6.45, 7) is 2.55. The molecule has 0 aromatic carbocycles. The van der Waals surface area contributed by atoms with Crippen LogP contribution >= 0.6 is 0 Å². The minimum atomic E-state index is -1.47. The molecular weight excluding hydrogens is 204 g/mol. The van der Waals surface area contributed by atoms with E-state index in [4.69, 9.17) is 15.3 Å². The fraction of sp³-hybridized carbons (Fsp3) is 0.667. The van der Waals surface area contributed by atoms with Crippen LogP contribution in [-0.2, 0) is 14.4 Å². The average Bonchev–Trinajstić information content (AvgIpc) is 2.01. The van der Waals surface area contributed by atoms with Gasteiger partial charge in [0.15, 0.2) is 0 Å². The number of hydrogen-bond acceptors (Lipinski definition) is 3. The minimum absolute atomic E-state index is 0.191. The Kier molecular flexibility index (Phi) is 4.26. The van der Waals surface area contributed by atoms with Crippen molar-refractivity contribution in [3.63, 3.8) is 0 Å². The third kappa shape index (κ3) is 3.57. The van der Waals surface area contributed by atoms with Crippen LogP contribution in [0.25, 0.3) is 0 Å². The van der Waals surface area contributed by atoms with Gasteiger partial charge in [0, 0.05) is 6.42 Å². The highest BCUT2D eigenvalue weighted by Crippen LogP contribution is 2.31. The lowest BCUT2D eigenvalue weighted by Gasteiger charge is -2.26. The summed E-state index contributed by atoms with van der Waals surface area (Å²) in [6, 6.07) is 0. The standard InChI is InChI=1S/C9H14O6/c1-9(2,8(14)15)5(7(12)13)3-4-6(10)11/h5H,3-4H2,1-2H3,(H,10,11)(H,12,13)(H,14,15)/t5-/m1/s1. The number of carboxylic acid groups (broad SMARTS) is 3. The summed E-state index contributed by atoms with van der Waals surface area (Å²) in [5.74, 6) is -4.88. The third-order valence-corrected chi connectivity index (χ3v) is 2.37. The maximum atomic E-state index is 10.8. The van der Waals surface area contributed by atoms with Gasteiger partial charge in [0.2, 0.25) is 0 Å². The Balaban J connectivity index is 4.74. The monoisotopic (exact) mass is 218 g/mol. The van der Waals surface area contributed by atoms with Gasteiger partial charge in [-0.2, -0.15) is 0 Å². The zero-order chi connectivity index (χ0) is 12.2. The average molecular weight is 218 g/mol. The zero-order valence-corrected chi connectivity index (χ0v) is 8.56. The summed E-state index contributed by atoms with van der Waals surface area (Å²) in [5.41, 5.74) is -1.47. The van der Waals surface area contributed by atoms with Gasteiger partial charge in [-0.3, -0.25) is 14.4 Å². The second kappa shape index (κ2) is 4.77. The van der Waals surface area contributed by atoms with E-state index in [1.165, 1.54) is 13.8 Å². The molecule has 86 valence electrons. The van der Waals surface area contributed by atoms with Crippen LogP contribution in [0.4, 0.5) is 0 Å². The van der Waals surface area contributed by atoms with E-state index in [9.17, 15) is 14.4 Å². The van der Waals surface area contributed by atoms with Gasteiger partial charge >= 0.3 is 17.9 Å². The summed E-state index contributed by atoms with van der Waals surface area (Å²) in [4.78, 5) is 31.9. The largest absolute Gasteiger partial charge is 0.481 e. The highest BCUT2D eigenvalue weighted by atomic mass is 16.4. The molecule has 0 aromatic heterocycles. The molecule has 0 bridgehead atoms. The Morgan fingerprint density at radius 2 is 1.60 bits per heavy atom. The van der Waals surface area contributed by atoms with E-state index in [0.29, 0.717) is 0 Å². The van der Waals surface area contributed by atoms with Gasteiger partial charge in [-0.15, -0.1) is 0 Å². The molecule has 0 spiro atoms. The van der Waals surface area contributed by atoms with E-state index in [1.54, 1.807) is 0 Å². The fourth-order valence-corrected chi connectivity index (χ4v) is 1.21. The number of aliphatic carboxylic acids is 3. The van der Waals surface area contributed by atoms with E-state index in [0.717, 1.165) is 0 Å². The first kappa shape index (κ1) is 13.4. The lowest BCUT2D eigenvalue weighted by Crippen LogP contribution is -2.38. The molecule has 0 aromatic rings. The molecule has 0 saturated heterocycles. The van der Waals surface area contributed by atoms with Gasteiger partial charge in [0.25, 0.3) is 0 Å². The van der Waals surface area contributed by atoms with E-state index < -0.39 is 29.2 Å². The SMILES string of the molecule is CC(C)(C(=O)O)[C@H](CCC(=O)O)C(=O)O. The molecule has 3 N–H and O–H groups in total. The molecule has 15 heavy (non-hydrogen) atoms. The lowest BCUT2D eigenvalue weighted by molar-refractivity contribution is -0.161.